The van der Waals surface area contributed by atoms with Crippen LogP contribution in [0.2, 0.25) is 0 Å². The van der Waals surface area contributed by atoms with E-state index in [9.17, 15) is 0 Å². The van der Waals surface area contributed by atoms with Crippen LogP contribution in [0.1, 0.15) is 57.2 Å². The Labute approximate surface area is 126 Å². The van der Waals surface area contributed by atoms with E-state index in [1.54, 1.807) is 11.3 Å². The first-order valence-electron chi connectivity index (χ1n) is 7.95. The number of hydrogen-bond donors (Lipinski definition) is 1. The van der Waals surface area contributed by atoms with E-state index in [1.165, 1.54) is 49.5 Å². The van der Waals surface area contributed by atoms with Crippen LogP contribution < -0.4 is 5.32 Å². The summed E-state index contributed by atoms with van der Waals surface area (Å²) in [4.78, 5) is 7.46. The molecule has 0 amide bonds. The molecule has 0 spiro atoms. The van der Waals surface area contributed by atoms with Crippen molar-refractivity contribution in [1.82, 2.24) is 15.2 Å². The predicted octanol–water partition coefficient (Wildman–Crippen LogP) is 3.16. The van der Waals surface area contributed by atoms with Crippen LogP contribution in [0, 0.1) is 0 Å². The molecule has 2 saturated heterocycles. The van der Waals surface area contributed by atoms with Crippen LogP contribution in [0.5, 0.6) is 0 Å². The molecule has 1 aromatic rings. The Bertz CT molecular complexity index is 449. The summed E-state index contributed by atoms with van der Waals surface area (Å²) in [7, 11) is 0. The van der Waals surface area contributed by atoms with Crippen LogP contribution in [0.25, 0.3) is 0 Å². The molecular formula is C16H27N3S. The third kappa shape index (κ3) is 3.23. The second kappa shape index (κ2) is 5.74. The molecule has 2 aliphatic rings. The molecule has 2 unspecified atom stereocenters. The lowest BCUT2D eigenvalue weighted by Crippen LogP contribution is -2.45. The molecule has 112 valence electrons. The van der Waals surface area contributed by atoms with Crippen molar-refractivity contribution >= 4 is 11.3 Å². The van der Waals surface area contributed by atoms with E-state index in [0.29, 0.717) is 6.04 Å². The quantitative estimate of drug-likeness (QED) is 0.928. The maximum Gasteiger partial charge on any atom is 0.107 e. The largest absolute Gasteiger partial charge is 0.308 e. The first kappa shape index (κ1) is 14.5. The van der Waals surface area contributed by atoms with Crippen molar-refractivity contribution in [2.75, 3.05) is 13.1 Å². The van der Waals surface area contributed by atoms with Gasteiger partial charge < -0.3 is 10.2 Å². The van der Waals surface area contributed by atoms with Crippen LogP contribution >= 0.6 is 11.3 Å². The molecule has 2 fully saturated rings. The lowest BCUT2D eigenvalue weighted by Gasteiger charge is -2.35. The average Bonchev–Trinajstić information content (AvgIpc) is 3.04. The summed E-state index contributed by atoms with van der Waals surface area (Å²) in [6, 6.07) is 1.54. The Morgan fingerprint density at radius 3 is 2.95 bits per heavy atom. The summed E-state index contributed by atoms with van der Waals surface area (Å²) < 4.78 is 0. The summed E-state index contributed by atoms with van der Waals surface area (Å²) in [5, 5.41) is 7.19. The van der Waals surface area contributed by atoms with Crippen molar-refractivity contribution in [3.8, 4) is 0 Å². The molecule has 3 rings (SSSR count). The highest BCUT2D eigenvalue weighted by Gasteiger charge is 2.31. The average molecular weight is 293 g/mol. The summed E-state index contributed by atoms with van der Waals surface area (Å²) in [5.74, 6) is 0. The zero-order valence-corrected chi connectivity index (χ0v) is 13.8. The minimum absolute atomic E-state index is 0.171. The summed E-state index contributed by atoms with van der Waals surface area (Å²) in [6.45, 7) is 10.3. The molecule has 2 atom stereocenters. The zero-order valence-electron chi connectivity index (χ0n) is 13.0. The van der Waals surface area contributed by atoms with Gasteiger partial charge >= 0.3 is 0 Å². The first-order valence-corrected chi connectivity index (χ1v) is 8.82. The molecule has 0 bridgehead atoms. The normalized spacial score (nSPS) is 27.8. The van der Waals surface area contributed by atoms with Gasteiger partial charge in [-0.05, 0) is 38.8 Å². The SMILES string of the molecule is CC(C)(C)c1csc(CNC2CCN3CCCC3C2)n1. The number of aromatic nitrogens is 1. The van der Waals surface area contributed by atoms with Crippen LogP contribution in [0.15, 0.2) is 5.38 Å². The standard InChI is InChI=1S/C16H27N3S/c1-16(2,3)14-11-20-15(18-14)10-17-12-6-8-19-7-4-5-13(19)9-12/h11-13,17H,4-10H2,1-3H3. The Morgan fingerprint density at radius 1 is 1.35 bits per heavy atom. The molecule has 1 N–H and O–H groups in total. The van der Waals surface area contributed by atoms with E-state index < -0.39 is 0 Å². The van der Waals surface area contributed by atoms with E-state index in [4.69, 9.17) is 4.98 Å². The predicted molar refractivity (Wildman–Crippen MR) is 85.3 cm³/mol. The van der Waals surface area contributed by atoms with Gasteiger partial charge in [-0.15, -0.1) is 11.3 Å². The Morgan fingerprint density at radius 2 is 2.20 bits per heavy atom. The topological polar surface area (TPSA) is 28.2 Å². The molecule has 0 aromatic carbocycles. The van der Waals surface area contributed by atoms with Crippen molar-refractivity contribution in [1.29, 1.82) is 0 Å². The number of fused-ring (bicyclic) bond motifs is 1. The summed E-state index contributed by atoms with van der Waals surface area (Å²) in [5.41, 5.74) is 1.40. The monoisotopic (exact) mass is 293 g/mol. The Balaban J connectivity index is 1.51. The number of nitrogens with zero attached hydrogens (tertiary/aromatic N) is 2. The summed E-state index contributed by atoms with van der Waals surface area (Å²) >= 11 is 1.80. The third-order valence-corrected chi connectivity index (χ3v) is 5.53. The zero-order chi connectivity index (χ0) is 14.2. The van der Waals surface area contributed by atoms with E-state index in [2.05, 4.69) is 36.4 Å². The smallest absolute Gasteiger partial charge is 0.107 e. The van der Waals surface area contributed by atoms with Gasteiger partial charge in [-0.3, -0.25) is 0 Å². The van der Waals surface area contributed by atoms with E-state index in [-0.39, 0.29) is 5.41 Å². The van der Waals surface area contributed by atoms with Crippen LogP contribution in [-0.4, -0.2) is 35.1 Å². The van der Waals surface area contributed by atoms with Crippen molar-refractivity contribution in [2.24, 2.45) is 0 Å². The van der Waals surface area contributed by atoms with Gasteiger partial charge in [0, 0.05) is 29.4 Å². The highest BCUT2D eigenvalue weighted by atomic mass is 32.1. The van der Waals surface area contributed by atoms with E-state index >= 15 is 0 Å². The van der Waals surface area contributed by atoms with E-state index in [0.717, 1.165) is 12.6 Å². The van der Waals surface area contributed by atoms with E-state index in [1.807, 2.05) is 0 Å². The molecule has 2 aliphatic heterocycles. The second-order valence-corrected chi connectivity index (χ2v) is 8.25. The second-order valence-electron chi connectivity index (χ2n) is 7.31. The minimum atomic E-state index is 0.171. The molecule has 3 nitrogen and oxygen atoms in total. The fourth-order valence-electron chi connectivity index (χ4n) is 3.38. The maximum absolute atomic E-state index is 4.78. The molecular weight excluding hydrogens is 266 g/mol. The van der Waals surface area contributed by atoms with Gasteiger partial charge in [0.05, 0.1) is 5.69 Å². The van der Waals surface area contributed by atoms with Crippen molar-refractivity contribution in [3.63, 3.8) is 0 Å². The van der Waals surface area contributed by atoms with Crippen LogP contribution in [-0.2, 0) is 12.0 Å². The van der Waals surface area contributed by atoms with Gasteiger partial charge in [-0.25, -0.2) is 4.98 Å². The number of thiazole rings is 1. The van der Waals surface area contributed by atoms with Gasteiger partial charge in [0.1, 0.15) is 5.01 Å². The minimum Gasteiger partial charge on any atom is -0.308 e. The molecule has 1 aromatic heterocycles. The van der Waals surface area contributed by atoms with Gasteiger partial charge in [0.15, 0.2) is 0 Å². The molecule has 0 aliphatic carbocycles. The molecule has 0 radical (unpaired) electrons. The van der Waals surface area contributed by atoms with Gasteiger partial charge in [-0.1, -0.05) is 20.8 Å². The fraction of sp³-hybridized carbons (Fsp3) is 0.812. The Hall–Kier alpha value is -0.450. The first-order chi connectivity index (χ1) is 9.52. The van der Waals surface area contributed by atoms with Gasteiger partial charge in [0.2, 0.25) is 0 Å². The van der Waals surface area contributed by atoms with Gasteiger partial charge in [-0.2, -0.15) is 0 Å². The number of nitrogens with one attached hydrogen (secondary N) is 1. The fourth-order valence-corrected chi connectivity index (χ4v) is 4.35. The molecule has 0 saturated carbocycles. The summed E-state index contributed by atoms with van der Waals surface area (Å²) in [6.07, 6.45) is 5.44. The number of rotatable bonds is 3. The van der Waals surface area contributed by atoms with Crippen LogP contribution in [0.3, 0.4) is 0 Å². The third-order valence-electron chi connectivity index (χ3n) is 4.68. The number of hydrogen-bond acceptors (Lipinski definition) is 4. The molecule has 20 heavy (non-hydrogen) atoms. The highest BCUT2D eigenvalue weighted by molar-refractivity contribution is 7.09. The lowest BCUT2D eigenvalue weighted by atomic mass is 9.93. The van der Waals surface area contributed by atoms with Crippen molar-refractivity contribution in [3.05, 3.63) is 16.1 Å². The molecule has 3 heterocycles. The van der Waals surface area contributed by atoms with Crippen molar-refractivity contribution < 1.29 is 0 Å². The number of piperidine rings is 1. The van der Waals surface area contributed by atoms with Crippen LogP contribution in [0.4, 0.5) is 0 Å². The lowest BCUT2D eigenvalue weighted by molar-refractivity contribution is 0.166. The Kier molecular flexibility index (Phi) is 4.16. The van der Waals surface area contributed by atoms with Gasteiger partial charge in [0.25, 0.3) is 0 Å². The van der Waals surface area contributed by atoms with Crippen molar-refractivity contribution in [2.45, 2.75) is 70.5 Å². The maximum atomic E-state index is 4.78. The highest BCUT2D eigenvalue weighted by Crippen LogP contribution is 2.27. The molecule has 4 heteroatoms.